The highest BCUT2D eigenvalue weighted by atomic mass is 35.5. The normalized spacial score (nSPS) is 13.4. The summed E-state index contributed by atoms with van der Waals surface area (Å²) in [5.74, 6) is 0.689. The molecule has 0 amide bonds. The summed E-state index contributed by atoms with van der Waals surface area (Å²) < 4.78 is 13.4. The van der Waals surface area contributed by atoms with Gasteiger partial charge in [0, 0.05) is 62.9 Å². The maximum absolute atomic E-state index is 13.7. The molecule has 0 fully saturated rings. The molecule has 240 valence electrons. The lowest BCUT2D eigenvalue weighted by molar-refractivity contribution is 0.0224. The molecule has 2 aliphatic rings. The molecular weight excluding hydrogens is 640 g/mol. The van der Waals surface area contributed by atoms with Gasteiger partial charge in [0.2, 0.25) is 0 Å². The zero-order chi connectivity index (χ0) is 33.7. The highest BCUT2D eigenvalue weighted by Gasteiger charge is 2.54. The number of ether oxygens (including phenoxy) is 2. The van der Waals surface area contributed by atoms with E-state index in [9.17, 15) is 4.79 Å². The summed E-state index contributed by atoms with van der Waals surface area (Å²) in [6.45, 7) is 0. The van der Waals surface area contributed by atoms with Gasteiger partial charge in [-0.05, 0) is 78.9 Å². The molecule has 0 saturated carbocycles. The molecule has 2 aliphatic heterocycles. The molecule has 0 radical (unpaired) electrons. The van der Waals surface area contributed by atoms with Gasteiger partial charge < -0.3 is 19.3 Å². The number of esters is 1. The molecule has 0 N–H and O–H groups in total. The first-order chi connectivity index (χ1) is 24.6. The van der Waals surface area contributed by atoms with Crippen molar-refractivity contribution in [2.45, 2.75) is 5.60 Å². The predicted octanol–water partition coefficient (Wildman–Crippen LogP) is 11.8. The maximum atomic E-state index is 13.7. The topological polar surface area (TPSA) is 42.0 Å². The molecule has 5 nitrogen and oxygen atoms in total. The largest absolute Gasteiger partial charge is 0.456 e. The number of hydrogen-bond donors (Lipinski definition) is 0. The molecule has 7 aromatic rings. The average Bonchev–Trinajstić information content (AvgIpc) is 3.46. The summed E-state index contributed by atoms with van der Waals surface area (Å²) in [6, 6.07) is 58.5. The Balaban J connectivity index is 1.26. The van der Waals surface area contributed by atoms with Crippen LogP contribution in [0.5, 0.6) is 11.5 Å². The minimum atomic E-state index is -1.27. The standard InChI is InChI=1S/C44H29ClN2O3/c45-39-23-13-22-38-42(39)43(48)50-44(38)36-26-24-34(46(30-14-5-1-6-15-30)31-16-7-2-8-17-31)28-40(36)49-41-29-35(25-27-37(41)44)47(32-18-9-3-10-19-32)33-20-11-4-12-21-33/h1-29H. The fraction of sp³-hybridized carbons (Fsp3) is 0.0227. The third-order valence-electron chi connectivity index (χ3n) is 9.33. The molecule has 1 spiro atoms. The van der Waals surface area contributed by atoms with E-state index in [2.05, 4.69) is 58.3 Å². The van der Waals surface area contributed by atoms with Crippen molar-refractivity contribution in [3.63, 3.8) is 0 Å². The molecule has 50 heavy (non-hydrogen) atoms. The number of hydrogen-bond acceptors (Lipinski definition) is 5. The van der Waals surface area contributed by atoms with Crippen molar-refractivity contribution in [2.24, 2.45) is 0 Å². The minimum Gasteiger partial charge on any atom is -0.456 e. The van der Waals surface area contributed by atoms with Crippen molar-refractivity contribution < 1.29 is 14.3 Å². The smallest absolute Gasteiger partial charge is 0.341 e. The first-order valence-electron chi connectivity index (χ1n) is 16.4. The molecule has 0 bridgehead atoms. The van der Waals surface area contributed by atoms with Crippen LogP contribution in [0.3, 0.4) is 0 Å². The van der Waals surface area contributed by atoms with Crippen molar-refractivity contribution >= 4 is 51.7 Å². The number of carbonyl (C=O) groups excluding carboxylic acids is 1. The Labute approximate surface area is 295 Å². The Kier molecular flexibility index (Phi) is 7.15. The Hall–Kier alpha value is -6.30. The number of rotatable bonds is 6. The average molecular weight is 669 g/mol. The van der Waals surface area contributed by atoms with Crippen molar-refractivity contribution in [1.82, 2.24) is 0 Å². The maximum Gasteiger partial charge on any atom is 0.341 e. The first-order valence-corrected chi connectivity index (χ1v) is 16.8. The highest BCUT2D eigenvalue weighted by Crippen LogP contribution is 2.58. The number of halogens is 1. The first kappa shape index (κ1) is 29.8. The van der Waals surface area contributed by atoms with E-state index in [1.807, 2.05) is 121 Å². The van der Waals surface area contributed by atoms with Crippen LogP contribution in [0.1, 0.15) is 27.0 Å². The van der Waals surface area contributed by atoms with Gasteiger partial charge in [0.25, 0.3) is 0 Å². The lowest BCUT2D eigenvalue weighted by Crippen LogP contribution is -2.33. The second kappa shape index (κ2) is 12.0. The third kappa shape index (κ3) is 4.74. The summed E-state index contributed by atoms with van der Waals surface area (Å²) in [5.41, 5.74) is 7.00. The molecule has 0 aromatic heterocycles. The number of fused-ring (bicyclic) bond motifs is 6. The second-order valence-electron chi connectivity index (χ2n) is 12.2. The lowest BCUT2D eigenvalue weighted by Gasteiger charge is -2.38. The van der Waals surface area contributed by atoms with Crippen LogP contribution in [0, 0.1) is 0 Å². The molecule has 6 heteroatoms. The third-order valence-corrected chi connectivity index (χ3v) is 9.64. The number of nitrogens with zero attached hydrogens (tertiary/aromatic N) is 2. The Morgan fingerprint density at radius 1 is 0.440 bits per heavy atom. The summed E-state index contributed by atoms with van der Waals surface area (Å²) in [4.78, 5) is 18.1. The molecule has 0 aliphatic carbocycles. The van der Waals surface area contributed by atoms with Crippen LogP contribution in [0.4, 0.5) is 34.1 Å². The van der Waals surface area contributed by atoms with Crippen LogP contribution in [0.2, 0.25) is 5.02 Å². The fourth-order valence-corrected chi connectivity index (χ4v) is 7.44. The zero-order valence-electron chi connectivity index (χ0n) is 26.7. The summed E-state index contributed by atoms with van der Waals surface area (Å²) in [7, 11) is 0. The van der Waals surface area contributed by atoms with Crippen LogP contribution < -0.4 is 14.5 Å². The van der Waals surface area contributed by atoms with E-state index >= 15 is 0 Å². The molecule has 0 saturated heterocycles. The van der Waals surface area contributed by atoms with E-state index in [0.29, 0.717) is 27.6 Å². The molecule has 7 aromatic carbocycles. The van der Waals surface area contributed by atoms with Gasteiger partial charge in [0.1, 0.15) is 11.5 Å². The quantitative estimate of drug-likeness (QED) is 0.165. The van der Waals surface area contributed by atoms with Gasteiger partial charge in [-0.2, -0.15) is 0 Å². The van der Waals surface area contributed by atoms with Gasteiger partial charge in [-0.1, -0.05) is 96.5 Å². The molecule has 0 atom stereocenters. The fourth-order valence-electron chi connectivity index (χ4n) is 7.19. The van der Waals surface area contributed by atoms with Gasteiger partial charge in [-0.15, -0.1) is 0 Å². The van der Waals surface area contributed by atoms with E-state index < -0.39 is 11.6 Å². The zero-order valence-corrected chi connectivity index (χ0v) is 27.5. The van der Waals surface area contributed by atoms with Gasteiger partial charge >= 0.3 is 5.97 Å². The van der Waals surface area contributed by atoms with Crippen LogP contribution in [0.15, 0.2) is 176 Å². The second-order valence-corrected chi connectivity index (χ2v) is 12.6. The van der Waals surface area contributed by atoms with E-state index in [1.54, 1.807) is 6.07 Å². The van der Waals surface area contributed by atoms with Crippen LogP contribution >= 0.6 is 11.6 Å². The van der Waals surface area contributed by atoms with Crippen molar-refractivity contribution in [3.8, 4) is 11.5 Å². The number of benzene rings is 7. The van der Waals surface area contributed by atoms with Crippen molar-refractivity contribution in [1.29, 1.82) is 0 Å². The van der Waals surface area contributed by atoms with Gasteiger partial charge in [-0.25, -0.2) is 4.79 Å². The van der Waals surface area contributed by atoms with Gasteiger partial charge in [0.15, 0.2) is 5.60 Å². The Morgan fingerprint density at radius 3 is 1.28 bits per heavy atom. The summed E-state index contributed by atoms with van der Waals surface area (Å²) in [6.07, 6.45) is 0. The SMILES string of the molecule is O=C1OC2(c3ccc(N(c4ccccc4)c4ccccc4)cc3Oc3cc(N(c4ccccc4)c4ccccc4)ccc32)c2cccc(Cl)c21. The van der Waals surface area contributed by atoms with Crippen LogP contribution in [0.25, 0.3) is 0 Å². The molecule has 9 rings (SSSR count). The van der Waals surface area contributed by atoms with E-state index in [0.717, 1.165) is 45.3 Å². The van der Waals surface area contributed by atoms with Crippen LogP contribution in [-0.4, -0.2) is 5.97 Å². The van der Waals surface area contributed by atoms with Crippen molar-refractivity contribution in [2.75, 3.05) is 9.80 Å². The number of para-hydroxylation sites is 4. The monoisotopic (exact) mass is 668 g/mol. The summed E-state index contributed by atoms with van der Waals surface area (Å²) in [5, 5.41) is 0.353. The van der Waals surface area contributed by atoms with E-state index in [-0.39, 0.29) is 0 Å². The predicted molar refractivity (Wildman–Crippen MR) is 199 cm³/mol. The Morgan fingerprint density at radius 2 is 0.860 bits per heavy atom. The minimum absolute atomic E-state index is 0.353. The summed E-state index contributed by atoms with van der Waals surface area (Å²) >= 11 is 6.68. The molecule has 2 heterocycles. The van der Waals surface area contributed by atoms with Gasteiger partial charge in [-0.3, -0.25) is 0 Å². The van der Waals surface area contributed by atoms with Crippen molar-refractivity contribution in [3.05, 3.63) is 203 Å². The number of anilines is 6. The molecular formula is C44H29ClN2O3. The van der Waals surface area contributed by atoms with E-state index in [1.165, 1.54) is 0 Å². The number of carbonyl (C=O) groups is 1. The van der Waals surface area contributed by atoms with E-state index in [4.69, 9.17) is 21.1 Å². The Bertz CT molecular complexity index is 2160. The molecule has 0 unspecified atom stereocenters. The highest BCUT2D eigenvalue weighted by molar-refractivity contribution is 6.34. The van der Waals surface area contributed by atoms with Gasteiger partial charge in [0.05, 0.1) is 10.6 Å². The lowest BCUT2D eigenvalue weighted by atomic mass is 9.77. The van der Waals surface area contributed by atoms with Crippen LogP contribution in [-0.2, 0) is 10.3 Å².